The van der Waals surface area contributed by atoms with Crippen molar-refractivity contribution >= 4 is 23.7 Å². The Hall–Kier alpha value is -4.00. The molecule has 0 heterocycles. The summed E-state index contributed by atoms with van der Waals surface area (Å²) < 4.78 is 18.5. The Labute approximate surface area is 173 Å². The number of aryl methyl sites for hydroxylation is 1. The molecule has 2 N–H and O–H groups in total. The molecule has 0 spiro atoms. The number of halogens is 1. The first-order valence-electron chi connectivity index (χ1n) is 9.18. The van der Waals surface area contributed by atoms with Gasteiger partial charge in [-0.1, -0.05) is 29.8 Å². The quantitative estimate of drug-likeness (QED) is 0.372. The summed E-state index contributed by atoms with van der Waals surface area (Å²) in [5.74, 6) is -1.33. The molecule has 3 rings (SSSR count). The number of ether oxygens (including phenoxy) is 1. The van der Waals surface area contributed by atoms with Crippen LogP contribution < -0.4 is 15.5 Å². The summed E-state index contributed by atoms with van der Waals surface area (Å²) in [6.45, 7) is 2.25. The van der Waals surface area contributed by atoms with Gasteiger partial charge in [-0.2, -0.15) is 5.10 Å². The van der Waals surface area contributed by atoms with E-state index in [2.05, 4.69) is 15.8 Å². The molecule has 0 bridgehead atoms. The number of benzene rings is 3. The third kappa shape index (κ3) is 6.27. The highest BCUT2D eigenvalue weighted by Gasteiger charge is 2.12. The van der Waals surface area contributed by atoms with Crippen LogP contribution in [0.2, 0.25) is 0 Å². The van der Waals surface area contributed by atoms with Crippen molar-refractivity contribution in [1.29, 1.82) is 0 Å². The average molecular weight is 405 g/mol. The van der Waals surface area contributed by atoms with Crippen molar-refractivity contribution in [1.82, 2.24) is 5.43 Å². The van der Waals surface area contributed by atoms with E-state index in [-0.39, 0.29) is 5.82 Å². The fourth-order valence-corrected chi connectivity index (χ4v) is 2.44. The van der Waals surface area contributed by atoms with Gasteiger partial charge in [0.05, 0.1) is 6.21 Å². The smallest absolute Gasteiger partial charge is 0.329 e. The SMILES string of the molecule is Cc1ccc(NC(=O)C(=O)NN=Cc2ccc(OCc3ccc(F)cc3)cc2)cc1. The van der Waals surface area contributed by atoms with Gasteiger partial charge in [0.25, 0.3) is 0 Å². The van der Waals surface area contributed by atoms with Crippen LogP contribution in [-0.2, 0) is 16.2 Å². The molecule has 0 saturated carbocycles. The predicted octanol–water partition coefficient (Wildman–Crippen LogP) is 3.80. The number of hydrogen-bond acceptors (Lipinski definition) is 4. The number of amides is 2. The lowest BCUT2D eigenvalue weighted by Gasteiger charge is -2.06. The number of nitrogens with zero attached hydrogens (tertiary/aromatic N) is 1. The fraction of sp³-hybridized carbons (Fsp3) is 0.0870. The van der Waals surface area contributed by atoms with Gasteiger partial charge in [0.1, 0.15) is 18.2 Å². The molecule has 0 aliphatic heterocycles. The Morgan fingerprint density at radius 1 is 0.933 bits per heavy atom. The molecule has 7 heteroatoms. The van der Waals surface area contributed by atoms with Crippen molar-refractivity contribution in [2.45, 2.75) is 13.5 Å². The summed E-state index contributed by atoms with van der Waals surface area (Å²) in [5, 5.41) is 6.28. The summed E-state index contributed by atoms with van der Waals surface area (Å²) in [4.78, 5) is 23.7. The molecule has 0 atom stereocenters. The number of hydrogen-bond donors (Lipinski definition) is 2. The van der Waals surface area contributed by atoms with Crippen LogP contribution in [0.1, 0.15) is 16.7 Å². The number of anilines is 1. The Morgan fingerprint density at radius 3 is 2.27 bits per heavy atom. The highest BCUT2D eigenvalue weighted by Crippen LogP contribution is 2.14. The minimum absolute atomic E-state index is 0.290. The van der Waals surface area contributed by atoms with Gasteiger partial charge in [-0.15, -0.1) is 0 Å². The molecule has 0 aliphatic carbocycles. The van der Waals surface area contributed by atoms with E-state index in [1.165, 1.54) is 18.3 Å². The fourth-order valence-electron chi connectivity index (χ4n) is 2.44. The molecule has 6 nitrogen and oxygen atoms in total. The summed E-state index contributed by atoms with van der Waals surface area (Å²) in [6.07, 6.45) is 1.42. The number of carbonyl (C=O) groups excluding carboxylic acids is 2. The maximum absolute atomic E-state index is 12.9. The van der Waals surface area contributed by atoms with Gasteiger partial charge in [0, 0.05) is 5.69 Å². The van der Waals surface area contributed by atoms with Crippen LogP contribution in [0.3, 0.4) is 0 Å². The van der Waals surface area contributed by atoms with E-state index < -0.39 is 11.8 Å². The normalized spacial score (nSPS) is 10.6. The van der Waals surface area contributed by atoms with E-state index in [1.807, 2.05) is 19.1 Å². The average Bonchev–Trinajstić information content (AvgIpc) is 2.76. The second-order valence-corrected chi connectivity index (χ2v) is 6.50. The molecule has 3 aromatic carbocycles. The number of nitrogens with one attached hydrogen (secondary N) is 2. The monoisotopic (exact) mass is 405 g/mol. The predicted molar refractivity (Wildman–Crippen MR) is 113 cm³/mol. The molecular formula is C23H20FN3O3. The number of carbonyl (C=O) groups is 2. The van der Waals surface area contributed by atoms with Crippen LogP contribution in [-0.4, -0.2) is 18.0 Å². The van der Waals surface area contributed by atoms with Crippen LogP contribution in [0.15, 0.2) is 77.9 Å². The Balaban J connectivity index is 1.46. The number of hydrazone groups is 1. The molecule has 152 valence electrons. The van der Waals surface area contributed by atoms with E-state index in [9.17, 15) is 14.0 Å². The first-order chi connectivity index (χ1) is 14.5. The van der Waals surface area contributed by atoms with E-state index in [0.29, 0.717) is 23.6 Å². The van der Waals surface area contributed by atoms with E-state index in [0.717, 1.165) is 11.1 Å². The van der Waals surface area contributed by atoms with E-state index in [4.69, 9.17) is 4.74 Å². The summed E-state index contributed by atoms with van der Waals surface area (Å²) in [5.41, 5.74) is 5.33. The zero-order valence-corrected chi connectivity index (χ0v) is 16.3. The molecular weight excluding hydrogens is 385 g/mol. The molecule has 0 unspecified atom stereocenters. The van der Waals surface area contributed by atoms with Gasteiger partial charge in [0.2, 0.25) is 0 Å². The first kappa shape index (κ1) is 20.7. The van der Waals surface area contributed by atoms with Gasteiger partial charge in [0.15, 0.2) is 0 Å². The minimum Gasteiger partial charge on any atom is -0.489 e. The van der Waals surface area contributed by atoms with Gasteiger partial charge in [-0.25, -0.2) is 9.82 Å². The molecule has 0 aromatic heterocycles. The highest BCUT2D eigenvalue weighted by atomic mass is 19.1. The first-order valence-corrected chi connectivity index (χ1v) is 9.18. The highest BCUT2D eigenvalue weighted by molar-refractivity contribution is 6.39. The largest absolute Gasteiger partial charge is 0.489 e. The molecule has 0 saturated heterocycles. The lowest BCUT2D eigenvalue weighted by molar-refractivity contribution is -0.136. The maximum Gasteiger partial charge on any atom is 0.329 e. The minimum atomic E-state index is -0.869. The summed E-state index contributed by atoms with van der Waals surface area (Å²) in [7, 11) is 0. The molecule has 0 aliphatic rings. The van der Waals surface area contributed by atoms with Crippen molar-refractivity contribution in [3.63, 3.8) is 0 Å². The Bertz CT molecular complexity index is 1030. The van der Waals surface area contributed by atoms with Crippen molar-refractivity contribution in [3.05, 3.63) is 95.3 Å². The second-order valence-electron chi connectivity index (χ2n) is 6.50. The zero-order valence-electron chi connectivity index (χ0n) is 16.3. The Morgan fingerprint density at radius 2 is 1.60 bits per heavy atom. The van der Waals surface area contributed by atoms with Crippen LogP contribution in [0.5, 0.6) is 5.75 Å². The van der Waals surface area contributed by atoms with Crippen LogP contribution in [0, 0.1) is 12.7 Å². The van der Waals surface area contributed by atoms with Crippen LogP contribution in [0.4, 0.5) is 10.1 Å². The topological polar surface area (TPSA) is 79.8 Å². The third-order valence-electron chi connectivity index (χ3n) is 4.09. The van der Waals surface area contributed by atoms with Gasteiger partial charge in [-0.3, -0.25) is 9.59 Å². The van der Waals surface area contributed by atoms with E-state index >= 15 is 0 Å². The summed E-state index contributed by atoms with van der Waals surface area (Å²) >= 11 is 0. The molecule has 2 amide bonds. The van der Waals surface area contributed by atoms with Gasteiger partial charge < -0.3 is 10.1 Å². The maximum atomic E-state index is 12.9. The van der Waals surface area contributed by atoms with Crippen molar-refractivity contribution < 1.29 is 18.7 Å². The third-order valence-corrected chi connectivity index (χ3v) is 4.09. The standard InChI is InChI=1S/C23H20FN3O3/c1-16-2-10-20(11-3-16)26-22(28)23(29)27-25-14-17-6-12-21(13-7-17)30-15-18-4-8-19(24)9-5-18/h2-14H,15H2,1H3,(H,26,28)(H,27,29). The lowest BCUT2D eigenvalue weighted by Crippen LogP contribution is -2.32. The molecule has 0 fully saturated rings. The molecule has 30 heavy (non-hydrogen) atoms. The zero-order chi connectivity index (χ0) is 21.3. The van der Waals surface area contributed by atoms with Gasteiger partial charge >= 0.3 is 11.8 Å². The van der Waals surface area contributed by atoms with Crippen molar-refractivity contribution in [2.24, 2.45) is 5.10 Å². The summed E-state index contributed by atoms with van der Waals surface area (Å²) in [6, 6.07) is 20.2. The van der Waals surface area contributed by atoms with Crippen molar-refractivity contribution in [3.8, 4) is 5.75 Å². The second kappa shape index (κ2) is 9.97. The lowest BCUT2D eigenvalue weighted by atomic mass is 10.2. The molecule has 0 radical (unpaired) electrons. The van der Waals surface area contributed by atoms with E-state index in [1.54, 1.807) is 48.5 Å². The van der Waals surface area contributed by atoms with Crippen LogP contribution in [0.25, 0.3) is 0 Å². The molecule has 3 aromatic rings. The van der Waals surface area contributed by atoms with Gasteiger partial charge in [-0.05, 0) is 66.6 Å². The van der Waals surface area contributed by atoms with Crippen LogP contribution >= 0.6 is 0 Å². The number of rotatable bonds is 6. The Kier molecular flexibility index (Phi) is 6.89. The van der Waals surface area contributed by atoms with Crippen molar-refractivity contribution in [2.75, 3.05) is 5.32 Å².